The van der Waals surface area contributed by atoms with Gasteiger partial charge in [0, 0.05) is 36.2 Å². The van der Waals surface area contributed by atoms with Gasteiger partial charge in [-0.1, -0.05) is 29.8 Å². The van der Waals surface area contributed by atoms with E-state index in [4.69, 9.17) is 21.1 Å². The van der Waals surface area contributed by atoms with Crippen LogP contribution >= 0.6 is 11.6 Å². The van der Waals surface area contributed by atoms with E-state index in [2.05, 4.69) is 21.8 Å². The highest BCUT2D eigenvalue weighted by Crippen LogP contribution is 2.46. The second kappa shape index (κ2) is 11.5. The Kier molecular flexibility index (Phi) is 8.06. The lowest BCUT2D eigenvalue weighted by Gasteiger charge is -2.45. The van der Waals surface area contributed by atoms with Crippen LogP contribution in [0.1, 0.15) is 60.5 Å². The minimum Gasteiger partial charge on any atom is -0.490 e. The Hall–Kier alpha value is -2.59. The third-order valence-corrected chi connectivity index (χ3v) is 11.8. The number of fused-ring (bicyclic) bond motifs is 4. The molecule has 0 saturated heterocycles. The van der Waals surface area contributed by atoms with Crippen molar-refractivity contribution in [2.75, 3.05) is 31.7 Å². The quantitative estimate of drug-likeness (QED) is 0.452. The molecule has 4 aliphatic rings. The number of carbonyl (C=O) groups excluding carboxylic acids is 1. The van der Waals surface area contributed by atoms with Gasteiger partial charge in [-0.15, -0.1) is 0 Å². The van der Waals surface area contributed by atoms with Gasteiger partial charge in [0.05, 0.1) is 29.8 Å². The average molecular weight is 615 g/mol. The van der Waals surface area contributed by atoms with E-state index in [9.17, 15) is 18.3 Å². The number of halogens is 1. The summed E-state index contributed by atoms with van der Waals surface area (Å²) >= 11 is 6.38. The van der Waals surface area contributed by atoms with Gasteiger partial charge in [-0.25, -0.2) is 13.1 Å². The summed E-state index contributed by atoms with van der Waals surface area (Å²) in [7, 11) is -2.47. The third-order valence-electron chi connectivity index (χ3n) is 9.82. The molecule has 2 aliphatic heterocycles. The molecule has 2 N–H and O–H groups in total. The fraction of sp³-hybridized carbons (Fsp3) is 0.531. The molecular formula is C32H39ClN2O6S. The molecule has 1 fully saturated rings. The number of anilines is 1. The van der Waals surface area contributed by atoms with Gasteiger partial charge in [0.2, 0.25) is 10.0 Å². The highest BCUT2D eigenvalue weighted by atomic mass is 35.5. The molecule has 6 atom stereocenters. The molecule has 1 spiro atoms. The Bertz CT molecular complexity index is 1500. The summed E-state index contributed by atoms with van der Waals surface area (Å²) in [6, 6.07) is 11.3. The molecule has 0 aromatic heterocycles. The van der Waals surface area contributed by atoms with Crippen LogP contribution in [-0.2, 0) is 26.6 Å². The van der Waals surface area contributed by atoms with Crippen molar-refractivity contribution < 1.29 is 27.8 Å². The highest BCUT2D eigenvalue weighted by molar-refractivity contribution is 7.90. The number of nitrogens with zero attached hydrogens (tertiary/aromatic N) is 1. The van der Waals surface area contributed by atoms with E-state index < -0.39 is 33.4 Å². The summed E-state index contributed by atoms with van der Waals surface area (Å²) in [5.41, 5.74) is 3.24. The predicted octanol–water partition coefficient (Wildman–Crippen LogP) is 4.62. The number of hydrogen-bond acceptors (Lipinski definition) is 7. The zero-order chi connectivity index (χ0) is 29.6. The lowest BCUT2D eigenvalue weighted by molar-refractivity contribution is 0.0444. The zero-order valence-electron chi connectivity index (χ0n) is 24.1. The Balaban J connectivity index is 1.42. The van der Waals surface area contributed by atoms with Crippen molar-refractivity contribution in [3.63, 3.8) is 0 Å². The Morgan fingerprint density at radius 3 is 2.76 bits per heavy atom. The van der Waals surface area contributed by atoms with Crippen LogP contribution in [-0.4, -0.2) is 63.7 Å². The molecule has 42 heavy (non-hydrogen) atoms. The van der Waals surface area contributed by atoms with E-state index in [0.717, 1.165) is 42.8 Å². The van der Waals surface area contributed by atoms with Crippen LogP contribution in [0.2, 0.25) is 5.02 Å². The van der Waals surface area contributed by atoms with Gasteiger partial charge in [-0.2, -0.15) is 0 Å². The molecule has 2 aliphatic carbocycles. The standard InChI is InChI=1S/C32H39ClN2O6S/c1-20-14-25(40-2)8-11-29(36)26-9-5-23(26)17-35-18-32(13-3-4-21-15-24(33)7-10-27(21)32)19-41-30-12-6-22(16-28(30)35)31(37)34-42(20,38)39/h6-8,10-12,15-16,20,23,25-26,29,36H,3-5,9,13-14,17-19H2,1-2H3,(H,34,37)/b11-8+/t20-,23?,25+,26?,29?,32-/m0/s1. The number of benzene rings is 2. The number of aliphatic hydroxyl groups excluding tert-OH is 1. The van der Waals surface area contributed by atoms with Crippen LogP contribution in [0.15, 0.2) is 48.6 Å². The van der Waals surface area contributed by atoms with Crippen molar-refractivity contribution in [1.29, 1.82) is 0 Å². The van der Waals surface area contributed by atoms with Crippen LogP contribution in [0, 0.1) is 11.8 Å². The van der Waals surface area contributed by atoms with Gasteiger partial charge >= 0.3 is 0 Å². The normalized spacial score (nSPS) is 33.3. The number of hydrogen-bond donors (Lipinski definition) is 2. The second-order valence-electron chi connectivity index (χ2n) is 12.5. The number of rotatable bonds is 1. The number of nitrogens with one attached hydrogen (secondary N) is 1. The van der Waals surface area contributed by atoms with E-state index in [1.165, 1.54) is 18.2 Å². The van der Waals surface area contributed by atoms with E-state index in [-0.39, 0.29) is 29.2 Å². The molecule has 8 nitrogen and oxygen atoms in total. The fourth-order valence-corrected chi connectivity index (χ4v) is 8.40. The first kappa shape index (κ1) is 29.5. The molecule has 6 rings (SSSR count). The lowest BCUT2D eigenvalue weighted by atomic mass is 9.68. The largest absolute Gasteiger partial charge is 0.490 e. The van der Waals surface area contributed by atoms with E-state index >= 15 is 0 Å². The first-order valence-corrected chi connectivity index (χ1v) is 16.8. The maximum Gasteiger partial charge on any atom is 0.264 e. The first-order valence-electron chi connectivity index (χ1n) is 14.8. The molecule has 1 saturated carbocycles. The van der Waals surface area contributed by atoms with Crippen LogP contribution in [0.25, 0.3) is 0 Å². The SMILES string of the molecule is CO[C@@H]1/C=C/C(O)C2CCC2CN2C[C@@]3(CCCc4cc(Cl)ccc43)COc3ccc(cc32)C(=O)NS(=O)(=O)[C@@H](C)C1. The van der Waals surface area contributed by atoms with Crippen molar-refractivity contribution in [1.82, 2.24) is 4.72 Å². The van der Waals surface area contributed by atoms with Gasteiger partial charge in [-0.05, 0) is 98.7 Å². The summed E-state index contributed by atoms with van der Waals surface area (Å²) in [4.78, 5) is 15.6. The number of amides is 1. The average Bonchev–Trinajstić information content (AvgIpc) is 3.09. The molecular weight excluding hydrogens is 576 g/mol. The van der Waals surface area contributed by atoms with Gasteiger partial charge < -0.3 is 19.5 Å². The molecule has 226 valence electrons. The second-order valence-corrected chi connectivity index (χ2v) is 15.0. The first-order chi connectivity index (χ1) is 20.1. The molecule has 2 aromatic carbocycles. The zero-order valence-corrected chi connectivity index (χ0v) is 25.7. The lowest BCUT2D eigenvalue weighted by Crippen LogP contribution is -2.49. The third kappa shape index (κ3) is 5.56. The van der Waals surface area contributed by atoms with E-state index in [1.54, 1.807) is 37.3 Å². The number of aryl methyl sites for hydroxylation is 1. The summed E-state index contributed by atoms with van der Waals surface area (Å²) in [5.74, 6) is 0.308. The topological polar surface area (TPSA) is 105 Å². The molecule has 1 amide bonds. The maximum absolute atomic E-state index is 13.3. The van der Waals surface area contributed by atoms with Crippen molar-refractivity contribution in [2.24, 2.45) is 11.8 Å². The van der Waals surface area contributed by atoms with Crippen molar-refractivity contribution >= 4 is 33.2 Å². The van der Waals surface area contributed by atoms with Crippen molar-refractivity contribution in [2.45, 2.75) is 68.3 Å². The number of sulfonamides is 1. The Morgan fingerprint density at radius 2 is 2.00 bits per heavy atom. The summed E-state index contributed by atoms with van der Waals surface area (Å²) in [6.45, 7) is 3.40. The van der Waals surface area contributed by atoms with Crippen molar-refractivity contribution in [3.05, 3.63) is 70.3 Å². The Labute approximate surface area is 253 Å². The maximum atomic E-state index is 13.3. The predicted molar refractivity (Wildman–Crippen MR) is 163 cm³/mol. The minimum absolute atomic E-state index is 0.0697. The smallest absolute Gasteiger partial charge is 0.264 e. The molecule has 0 radical (unpaired) electrons. The van der Waals surface area contributed by atoms with Crippen LogP contribution < -0.4 is 14.4 Å². The summed E-state index contributed by atoms with van der Waals surface area (Å²) < 4.78 is 40.5. The van der Waals surface area contributed by atoms with E-state index in [0.29, 0.717) is 25.4 Å². The fourth-order valence-electron chi connectivity index (χ4n) is 7.19. The van der Waals surface area contributed by atoms with Crippen LogP contribution in [0.3, 0.4) is 0 Å². The number of carbonyl (C=O) groups is 1. The van der Waals surface area contributed by atoms with E-state index in [1.807, 2.05) is 6.07 Å². The molecule has 2 aromatic rings. The highest BCUT2D eigenvalue weighted by Gasteiger charge is 2.44. The van der Waals surface area contributed by atoms with Gasteiger partial charge in [0.1, 0.15) is 5.75 Å². The number of aliphatic hydroxyl groups is 1. The molecule has 3 unspecified atom stereocenters. The van der Waals surface area contributed by atoms with Crippen LogP contribution in [0.4, 0.5) is 5.69 Å². The number of ether oxygens (including phenoxy) is 2. The summed E-state index contributed by atoms with van der Waals surface area (Å²) in [6.07, 6.45) is 7.30. The molecule has 2 heterocycles. The van der Waals surface area contributed by atoms with Gasteiger partial charge in [0.15, 0.2) is 0 Å². The number of methoxy groups -OCH3 is 1. The minimum atomic E-state index is -3.98. The van der Waals surface area contributed by atoms with Crippen LogP contribution in [0.5, 0.6) is 5.75 Å². The van der Waals surface area contributed by atoms with Gasteiger partial charge in [-0.3, -0.25) is 4.79 Å². The monoisotopic (exact) mass is 614 g/mol. The Morgan fingerprint density at radius 1 is 1.17 bits per heavy atom. The molecule has 2 bridgehead atoms. The summed E-state index contributed by atoms with van der Waals surface area (Å²) in [5, 5.41) is 11.0. The van der Waals surface area contributed by atoms with Crippen molar-refractivity contribution in [3.8, 4) is 5.75 Å². The molecule has 10 heteroatoms. The van der Waals surface area contributed by atoms with Gasteiger partial charge in [0.25, 0.3) is 5.91 Å².